The zero-order valence-electron chi connectivity index (χ0n) is 17.3. The van der Waals surface area contributed by atoms with E-state index in [1.54, 1.807) is 35.8 Å². The summed E-state index contributed by atoms with van der Waals surface area (Å²) < 4.78 is 42.0. The number of likely N-dealkylation sites (tertiary alicyclic amines) is 1. The number of carbonyl (C=O) groups excluding carboxylic acids is 1. The van der Waals surface area contributed by atoms with Gasteiger partial charge in [0.15, 0.2) is 0 Å². The van der Waals surface area contributed by atoms with E-state index in [1.807, 2.05) is 16.8 Å². The number of amides is 1. The molecular weight excluding hydrogens is 419 g/mol. The van der Waals surface area contributed by atoms with Crippen molar-refractivity contribution in [3.63, 3.8) is 0 Å². The number of imidazole rings is 1. The quantitative estimate of drug-likeness (QED) is 0.634. The minimum absolute atomic E-state index is 0.136. The lowest BCUT2D eigenvalue weighted by molar-refractivity contribution is -0.0900. The first-order valence-corrected chi connectivity index (χ1v) is 10.6. The Hall–Kier alpha value is -3.36. The molecule has 3 aromatic heterocycles. The highest BCUT2D eigenvalue weighted by Crippen LogP contribution is 2.40. The molecular formula is C23H22F3N5O. The zero-order chi connectivity index (χ0) is 22.3. The SMILES string of the molecule is O=C(c1cc2ncc(-n3ccnc3)cc2[nH]1)N1CCC(C2=C(C(F)(F)F)C=CCC2)CC1. The summed E-state index contributed by atoms with van der Waals surface area (Å²) in [5.74, 6) is -0.290. The lowest BCUT2D eigenvalue weighted by Gasteiger charge is -2.34. The van der Waals surface area contributed by atoms with Crippen molar-refractivity contribution in [2.45, 2.75) is 31.9 Å². The first-order valence-electron chi connectivity index (χ1n) is 10.6. The molecule has 3 aromatic rings. The number of nitrogens with one attached hydrogen (secondary N) is 1. The second-order valence-corrected chi connectivity index (χ2v) is 8.22. The number of aromatic amines is 1. The Morgan fingerprint density at radius 1 is 1.19 bits per heavy atom. The van der Waals surface area contributed by atoms with Gasteiger partial charge in [-0.25, -0.2) is 4.98 Å². The van der Waals surface area contributed by atoms with E-state index in [1.165, 1.54) is 6.08 Å². The highest BCUT2D eigenvalue weighted by Gasteiger charge is 2.38. The van der Waals surface area contributed by atoms with Crippen LogP contribution in [-0.4, -0.2) is 49.6 Å². The van der Waals surface area contributed by atoms with E-state index >= 15 is 0 Å². The van der Waals surface area contributed by atoms with Gasteiger partial charge in [-0.05, 0) is 43.7 Å². The molecule has 166 valence electrons. The number of alkyl halides is 3. The summed E-state index contributed by atoms with van der Waals surface area (Å²) in [4.78, 5) is 26.3. The van der Waals surface area contributed by atoms with E-state index in [4.69, 9.17) is 0 Å². The van der Waals surface area contributed by atoms with Gasteiger partial charge in [-0.3, -0.25) is 9.78 Å². The van der Waals surface area contributed by atoms with Crippen LogP contribution in [0.25, 0.3) is 16.7 Å². The van der Waals surface area contributed by atoms with Crippen molar-refractivity contribution in [1.82, 2.24) is 24.4 Å². The first kappa shape index (κ1) is 20.5. The Bertz CT molecular complexity index is 1200. The van der Waals surface area contributed by atoms with Crippen molar-refractivity contribution in [2.24, 2.45) is 5.92 Å². The van der Waals surface area contributed by atoms with Crippen LogP contribution in [-0.2, 0) is 0 Å². The molecule has 1 saturated heterocycles. The Labute approximate surface area is 182 Å². The van der Waals surface area contributed by atoms with Gasteiger partial charge in [0.2, 0.25) is 0 Å². The number of pyridine rings is 1. The summed E-state index contributed by atoms with van der Waals surface area (Å²) >= 11 is 0. The fourth-order valence-corrected chi connectivity index (χ4v) is 4.65. The van der Waals surface area contributed by atoms with Crippen LogP contribution in [0.2, 0.25) is 0 Å². The average molecular weight is 441 g/mol. The number of fused-ring (bicyclic) bond motifs is 1. The Kier molecular flexibility index (Phi) is 5.11. The van der Waals surface area contributed by atoms with E-state index in [0.717, 1.165) is 11.2 Å². The molecule has 0 aromatic carbocycles. The van der Waals surface area contributed by atoms with Gasteiger partial charge >= 0.3 is 6.18 Å². The number of aromatic nitrogens is 4. The van der Waals surface area contributed by atoms with Gasteiger partial charge in [-0.2, -0.15) is 13.2 Å². The van der Waals surface area contributed by atoms with E-state index in [9.17, 15) is 18.0 Å². The number of hydrogen-bond acceptors (Lipinski definition) is 3. The molecule has 0 unspecified atom stereocenters. The number of rotatable bonds is 3. The summed E-state index contributed by atoms with van der Waals surface area (Å²) in [6, 6.07) is 3.62. The normalized spacial score (nSPS) is 18.0. The van der Waals surface area contributed by atoms with Crippen molar-refractivity contribution in [3.8, 4) is 5.69 Å². The fraction of sp³-hybridized carbons (Fsp3) is 0.348. The van der Waals surface area contributed by atoms with E-state index in [-0.39, 0.29) is 11.8 Å². The highest BCUT2D eigenvalue weighted by atomic mass is 19.4. The predicted molar refractivity (Wildman–Crippen MR) is 113 cm³/mol. The Morgan fingerprint density at radius 2 is 2.00 bits per heavy atom. The molecule has 1 aliphatic carbocycles. The molecule has 4 heterocycles. The largest absolute Gasteiger partial charge is 0.416 e. The van der Waals surface area contributed by atoms with Crippen molar-refractivity contribution >= 4 is 16.9 Å². The fourth-order valence-electron chi connectivity index (χ4n) is 4.65. The molecule has 32 heavy (non-hydrogen) atoms. The number of halogens is 3. The van der Waals surface area contributed by atoms with Crippen LogP contribution in [0.15, 0.2) is 60.3 Å². The van der Waals surface area contributed by atoms with Gasteiger partial charge in [0, 0.05) is 25.5 Å². The highest BCUT2D eigenvalue weighted by molar-refractivity contribution is 5.97. The smallest absolute Gasteiger partial charge is 0.349 e. The van der Waals surface area contributed by atoms with Crippen molar-refractivity contribution in [2.75, 3.05) is 13.1 Å². The van der Waals surface area contributed by atoms with Gasteiger partial charge in [-0.1, -0.05) is 17.7 Å². The number of carbonyl (C=O) groups is 1. The van der Waals surface area contributed by atoms with Crippen LogP contribution in [0.4, 0.5) is 13.2 Å². The molecule has 0 bridgehead atoms. The van der Waals surface area contributed by atoms with Crippen molar-refractivity contribution < 1.29 is 18.0 Å². The number of hydrogen-bond donors (Lipinski definition) is 1. The number of allylic oxidation sites excluding steroid dienone is 4. The van der Waals surface area contributed by atoms with Crippen LogP contribution in [0.3, 0.4) is 0 Å². The molecule has 0 spiro atoms. The minimum Gasteiger partial charge on any atom is -0.349 e. The third-order valence-corrected chi connectivity index (χ3v) is 6.28. The third kappa shape index (κ3) is 3.83. The van der Waals surface area contributed by atoms with E-state index in [2.05, 4.69) is 15.0 Å². The second kappa shape index (κ2) is 7.96. The number of piperidine rings is 1. The van der Waals surface area contributed by atoms with Gasteiger partial charge in [0.05, 0.1) is 34.8 Å². The van der Waals surface area contributed by atoms with Gasteiger partial charge in [0.25, 0.3) is 5.91 Å². The van der Waals surface area contributed by atoms with E-state index in [0.29, 0.717) is 55.6 Å². The molecule has 5 rings (SSSR count). The van der Waals surface area contributed by atoms with Crippen LogP contribution in [0, 0.1) is 5.92 Å². The standard InChI is InChI=1S/C23H22F3N5O/c24-23(25,26)18-4-2-1-3-17(18)15-5-8-30(9-6-15)22(32)21-12-19-20(29-21)11-16(13-28-19)31-10-7-27-14-31/h2,4,7,10-15,29H,1,3,5-6,8-9H2. The summed E-state index contributed by atoms with van der Waals surface area (Å²) in [5, 5.41) is 0. The Morgan fingerprint density at radius 3 is 2.72 bits per heavy atom. The van der Waals surface area contributed by atoms with Gasteiger partial charge in [-0.15, -0.1) is 0 Å². The maximum atomic E-state index is 13.4. The molecule has 1 N–H and O–H groups in total. The van der Waals surface area contributed by atoms with Crippen molar-refractivity contribution in [3.05, 3.63) is 66.0 Å². The summed E-state index contributed by atoms with van der Waals surface area (Å²) in [7, 11) is 0. The zero-order valence-corrected chi connectivity index (χ0v) is 17.3. The van der Waals surface area contributed by atoms with Crippen LogP contribution in [0.5, 0.6) is 0 Å². The lowest BCUT2D eigenvalue weighted by Crippen LogP contribution is -2.39. The molecule has 0 atom stereocenters. The third-order valence-electron chi connectivity index (χ3n) is 6.28. The molecule has 2 aliphatic rings. The number of H-pyrrole nitrogens is 1. The van der Waals surface area contributed by atoms with Crippen LogP contribution in [0.1, 0.15) is 36.2 Å². The maximum Gasteiger partial charge on any atom is 0.416 e. The molecule has 0 saturated carbocycles. The predicted octanol–water partition coefficient (Wildman–Crippen LogP) is 4.81. The second-order valence-electron chi connectivity index (χ2n) is 8.22. The monoisotopic (exact) mass is 441 g/mol. The summed E-state index contributed by atoms with van der Waals surface area (Å²) in [6.07, 6.45) is 7.50. The lowest BCUT2D eigenvalue weighted by atomic mass is 9.81. The molecule has 6 nitrogen and oxygen atoms in total. The van der Waals surface area contributed by atoms with Crippen molar-refractivity contribution in [1.29, 1.82) is 0 Å². The van der Waals surface area contributed by atoms with Gasteiger partial charge < -0.3 is 14.5 Å². The summed E-state index contributed by atoms with van der Waals surface area (Å²) in [6.45, 7) is 0.871. The first-order chi connectivity index (χ1) is 15.4. The number of nitrogens with zero attached hydrogens (tertiary/aromatic N) is 4. The van der Waals surface area contributed by atoms with E-state index < -0.39 is 11.7 Å². The maximum absolute atomic E-state index is 13.4. The van der Waals surface area contributed by atoms with Crippen LogP contribution >= 0.6 is 0 Å². The minimum atomic E-state index is -4.33. The van der Waals surface area contributed by atoms with Gasteiger partial charge in [0.1, 0.15) is 5.69 Å². The molecule has 1 aliphatic heterocycles. The average Bonchev–Trinajstić information content (AvgIpc) is 3.48. The van der Waals surface area contributed by atoms with Crippen LogP contribution < -0.4 is 0 Å². The molecule has 9 heteroatoms. The molecule has 1 amide bonds. The summed E-state index contributed by atoms with van der Waals surface area (Å²) in [5.41, 5.74) is 2.68. The topological polar surface area (TPSA) is 66.8 Å². The molecule has 1 fully saturated rings. The molecule has 0 radical (unpaired) electrons. The Balaban J connectivity index is 1.31.